The number of carbonyl (C=O) groups excluding carboxylic acids is 1. The Morgan fingerprint density at radius 2 is 2.20 bits per heavy atom. The second-order valence-electron chi connectivity index (χ2n) is 4.06. The second kappa shape index (κ2) is 8.22. The molecule has 1 rings (SSSR count). The van der Waals surface area contributed by atoms with E-state index in [9.17, 15) is 4.79 Å². The molecule has 0 saturated carbocycles. The molecule has 0 fully saturated rings. The molecule has 1 amide bonds. The molecule has 1 aromatic carbocycles. The smallest absolute Gasteiger partial charge is 0.254 e. The topological polar surface area (TPSA) is 59.0 Å². The minimum absolute atomic E-state index is 0.0892. The van der Waals surface area contributed by atoms with E-state index >= 15 is 0 Å². The fraction of sp³-hybridized carbons (Fsp3) is 0.400. The van der Waals surface area contributed by atoms with Gasteiger partial charge in [-0.3, -0.25) is 4.79 Å². The summed E-state index contributed by atoms with van der Waals surface area (Å²) in [6, 6.07) is 5.03. The minimum atomic E-state index is -0.178. The van der Waals surface area contributed by atoms with Gasteiger partial charge >= 0.3 is 0 Å². The summed E-state index contributed by atoms with van der Waals surface area (Å²) >= 11 is 0. The van der Waals surface area contributed by atoms with Crippen LogP contribution in [0.1, 0.15) is 17.3 Å². The Kier molecular flexibility index (Phi) is 6.59. The van der Waals surface area contributed by atoms with Crippen LogP contribution in [0.4, 0.5) is 0 Å². The summed E-state index contributed by atoms with van der Waals surface area (Å²) in [6.45, 7) is 6.52. The van der Waals surface area contributed by atoms with Gasteiger partial charge in [-0.25, -0.2) is 0 Å². The Labute approximate surface area is 119 Å². The van der Waals surface area contributed by atoms with Crippen molar-refractivity contribution in [2.75, 3.05) is 33.4 Å². The Morgan fingerprint density at radius 1 is 1.45 bits per heavy atom. The van der Waals surface area contributed by atoms with Crippen molar-refractivity contribution in [1.82, 2.24) is 4.90 Å². The zero-order chi connectivity index (χ0) is 15.0. The van der Waals surface area contributed by atoms with Gasteiger partial charge < -0.3 is 19.5 Å². The lowest BCUT2D eigenvalue weighted by atomic mass is 10.1. The highest BCUT2D eigenvalue weighted by Crippen LogP contribution is 2.28. The number of aliphatic hydroxyl groups is 1. The van der Waals surface area contributed by atoms with Crippen LogP contribution in [0.15, 0.2) is 30.9 Å². The average Bonchev–Trinajstić information content (AvgIpc) is 2.46. The molecule has 0 saturated heterocycles. The molecule has 0 aromatic heterocycles. The van der Waals surface area contributed by atoms with Gasteiger partial charge in [0.2, 0.25) is 0 Å². The number of amides is 1. The standard InChI is InChI=1S/C15H21NO4/c1-4-8-16(9-10-17)15(18)12-6-7-13(19-3)14(11-12)20-5-2/h4,6-7,11,17H,1,5,8-10H2,2-3H3. The van der Waals surface area contributed by atoms with E-state index in [-0.39, 0.29) is 19.1 Å². The number of aliphatic hydroxyl groups excluding tert-OH is 1. The largest absolute Gasteiger partial charge is 0.493 e. The van der Waals surface area contributed by atoms with Crippen molar-refractivity contribution >= 4 is 5.91 Å². The van der Waals surface area contributed by atoms with Crippen LogP contribution >= 0.6 is 0 Å². The Bertz CT molecular complexity index is 459. The molecule has 0 aliphatic rings. The highest BCUT2D eigenvalue weighted by Gasteiger charge is 2.16. The van der Waals surface area contributed by atoms with Crippen LogP contribution in [0.5, 0.6) is 11.5 Å². The van der Waals surface area contributed by atoms with Crippen LogP contribution in [-0.4, -0.2) is 49.3 Å². The number of hydrogen-bond acceptors (Lipinski definition) is 4. The van der Waals surface area contributed by atoms with Gasteiger partial charge in [-0.15, -0.1) is 6.58 Å². The van der Waals surface area contributed by atoms with Crippen molar-refractivity contribution in [1.29, 1.82) is 0 Å². The maximum atomic E-state index is 12.4. The molecule has 5 heteroatoms. The van der Waals surface area contributed by atoms with Crippen LogP contribution in [-0.2, 0) is 0 Å². The van der Waals surface area contributed by atoms with Gasteiger partial charge in [0, 0.05) is 18.7 Å². The Hall–Kier alpha value is -2.01. The zero-order valence-electron chi connectivity index (χ0n) is 12.0. The summed E-state index contributed by atoms with van der Waals surface area (Å²) in [5.74, 6) is 0.937. The van der Waals surface area contributed by atoms with Crippen molar-refractivity contribution < 1.29 is 19.4 Å². The average molecular weight is 279 g/mol. The van der Waals surface area contributed by atoms with Gasteiger partial charge in [0.25, 0.3) is 5.91 Å². The number of carbonyl (C=O) groups is 1. The summed E-state index contributed by atoms with van der Waals surface area (Å²) in [7, 11) is 1.55. The molecule has 0 unspecified atom stereocenters. The lowest BCUT2D eigenvalue weighted by Crippen LogP contribution is -2.33. The SMILES string of the molecule is C=CCN(CCO)C(=O)c1ccc(OC)c(OCC)c1. The molecule has 0 aliphatic carbocycles. The van der Waals surface area contributed by atoms with E-state index in [1.807, 2.05) is 6.92 Å². The van der Waals surface area contributed by atoms with E-state index in [4.69, 9.17) is 14.6 Å². The van der Waals surface area contributed by atoms with Crippen molar-refractivity contribution in [3.63, 3.8) is 0 Å². The first kappa shape index (κ1) is 16.0. The number of rotatable bonds is 8. The molecule has 1 N–H and O–H groups in total. The van der Waals surface area contributed by atoms with Crippen molar-refractivity contribution in [2.45, 2.75) is 6.92 Å². The van der Waals surface area contributed by atoms with E-state index in [0.717, 1.165) is 0 Å². The molecule has 20 heavy (non-hydrogen) atoms. The summed E-state index contributed by atoms with van der Waals surface area (Å²) in [6.07, 6.45) is 1.63. The van der Waals surface area contributed by atoms with E-state index < -0.39 is 0 Å². The highest BCUT2D eigenvalue weighted by atomic mass is 16.5. The summed E-state index contributed by atoms with van der Waals surface area (Å²) in [5, 5.41) is 9.01. The lowest BCUT2D eigenvalue weighted by molar-refractivity contribution is 0.0742. The number of nitrogens with zero attached hydrogens (tertiary/aromatic N) is 1. The van der Waals surface area contributed by atoms with Crippen LogP contribution in [0.25, 0.3) is 0 Å². The first-order valence-electron chi connectivity index (χ1n) is 6.49. The molecule has 0 heterocycles. The van der Waals surface area contributed by atoms with Gasteiger partial charge in [0.1, 0.15) is 0 Å². The summed E-state index contributed by atoms with van der Waals surface area (Å²) in [4.78, 5) is 13.9. The Morgan fingerprint density at radius 3 is 2.75 bits per heavy atom. The molecule has 5 nitrogen and oxygen atoms in total. The van der Waals surface area contributed by atoms with Crippen LogP contribution in [0.3, 0.4) is 0 Å². The molecule has 0 spiro atoms. The predicted octanol–water partition coefficient (Wildman–Crippen LogP) is 1.71. The van der Waals surface area contributed by atoms with E-state index in [1.54, 1.807) is 31.4 Å². The molecule has 0 atom stereocenters. The molecule has 0 radical (unpaired) electrons. The number of benzene rings is 1. The highest BCUT2D eigenvalue weighted by molar-refractivity contribution is 5.95. The van der Waals surface area contributed by atoms with E-state index in [0.29, 0.717) is 30.2 Å². The van der Waals surface area contributed by atoms with E-state index in [1.165, 1.54) is 4.90 Å². The Balaban J connectivity index is 3.01. The van der Waals surface area contributed by atoms with E-state index in [2.05, 4.69) is 6.58 Å². The maximum Gasteiger partial charge on any atom is 0.254 e. The molecule has 0 aliphatic heterocycles. The maximum absolute atomic E-state index is 12.4. The number of hydrogen-bond donors (Lipinski definition) is 1. The monoisotopic (exact) mass is 279 g/mol. The number of ether oxygens (including phenoxy) is 2. The van der Waals surface area contributed by atoms with Gasteiger partial charge in [0.15, 0.2) is 11.5 Å². The summed E-state index contributed by atoms with van der Waals surface area (Å²) in [5.41, 5.74) is 0.490. The van der Waals surface area contributed by atoms with Crippen molar-refractivity contribution in [2.24, 2.45) is 0 Å². The first-order valence-corrected chi connectivity index (χ1v) is 6.49. The zero-order valence-corrected chi connectivity index (χ0v) is 12.0. The summed E-state index contributed by atoms with van der Waals surface area (Å²) < 4.78 is 10.6. The molecule has 110 valence electrons. The lowest BCUT2D eigenvalue weighted by Gasteiger charge is -2.20. The van der Waals surface area contributed by atoms with Crippen molar-refractivity contribution in [3.05, 3.63) is 36.4 Å². The first-order chi connectivity index (χ1) is 9.67. The molecule has 0 bridgehead atoms. The van der Waals surface area contributed by atoms with Gasteiger partial charge in [-0.2, -0.15) is 0 Å². The van der Waals surface area contributed by atoms with Crippen LogP contribution in [0.2, 0.25) is 0 Å². The molecular weight excluding hydrogens is 258 g/mol. The molecular formula is C15H21NO4. The third-order valence-corrected chi connectivity index (χ3v) is 2.72. The van der Waals surface area contributed by atoms with Gasteiger partial charge in [-0.1, -0.05) is 6.08 Å². The van der Waals surface area contributed by atoms with Gasteiger partial charge in [-0.05, 0) is 25.1 Å². The molecule has 1 aromatic rings. The second-order valence-corrected chi connectivity index (χ2v) is 4.06. The fourth-order valence-electron chi connectivity index (χ4n) is 1.81. The third kappa shape index (κ3) is 3.99. The van der Waals surface area contributed by atoms with Crippen LogP contribution < -0.4 is 9.47 Å². The van der Waals surface area contributed by atoms with Crippen molar-refractivity contribution in [3.8, 4) is 11.5 Å². The number of methoxy groups -OCH3 is 1. The quantitative estimate of drug-likeness (QED) is 0.736. The third-order valence-electron chi connectivity index (χ3n) is 2.72. The fourth-order valence-corrected chi connectivity index (χ4v) is 1.81. The predicted molar refractivity (Wildman–Crippen MR) is 77.3 cm³/mol. The minimum Gasteiger partial charge on any atom is -0.493 e. The van der Waals surface area contributed by atoms with Gasteiger partial charge in [0.05, 0.1) is 20.3 Å². The normalized spacial score (nSPS) is 9.95. The van der Waals surface area contributed by atoms with Crippen LogP contribution in [0, 0.1) is 0 Å².